The van der Waals surface area contributed by atoms with Gasteiger partial charge in [0.15, 0.2) is 0 Å². The minimum absolute atomic E-state index is 0.0409. The van der Waals surface area contributed by atoms with E-state index in [9.17, 15) is 0 Å². The molecule has 1 heterocycles. The van der Waals surface area contributed by atoms with Crippen LogP contribution < -0.4 is 11.3 Å². The van der Waals surface area contributed by atoms with Crippen molar-refractivity contribution in [2.75, 3.05) is 0 Å². The van der Waals surface area contributed by atoms with Gasteiger partial charge in [0.25, 0.3) is 0 Å². The average Bonchev–Trinajstić information content (AvgIpc) is 2.87. The summed E-state index contributed by atoms with van der Waals surface area (Å²) in [5, 5.41) is 4.59. The number of aromatic nitrogens is 2. The molecule has 0 amide bonds. The van der Waals surface area contributed by atoms with E-state index in [-0.39, 0.29) is 6.04 Å². The van der Waals surface area contributed by atoms with Gasteiger partial charge in [0, 0.05) is 27.6 Å². The van der Waals surface area contributed by atoms with Crippen LogP contribution in [0.25, 0.3) is 0 Å². The van der Waals surface area contributed by atoms with Crippen LogP contribution in [0.2, 0.25) is 0 Å². The molecule has 1 aromatic carbocycles. The summed E-state index contributed by atoms with van der Waals surface area (Å²) in [5.74, 6) is 5.78. The van der Waals surface area contributed by atoms with Crippen molar-refractivity contribution in [2.24, 2.45) is 5.84 Å². The zero-order valence-corrected chi connectivity index (χ0v) is 15.4. The van der Waals surface area contributed by atoms with Gasteiger partial charge in [0.2, 0.25) is 0 Å². The second kappa shape index (κ2) is 7.54. The summed E-state index contributed by atoms with van der Waals surface area (Å²) >= 11 is 7.08. The van der Waals surface area contributed by atoms with Crippen molar-refractivity contribution in [1.82, 2.24) is 15.2 Å². The lowest BCUT2D eigenvalue weighted by atomic mass is 10.0. The summed E-state index contributed by atoms with van der Waals surface area (Å²) in [6.45, 7) is 5.10. The summed E-state index contributed by atoms with van der Waals surface area (Å²) in [6, 6.07) is 8.35. The summed E-state index contributed by atoms with van der Waals surface area (Å²) < 4.78 is 4.13. The van der Waals surface area contributed by atoms with Gasteiger partial charge in [0.05, 0.1) is 11.7 Å². The molecule has 0 aliphatic carbocycles. The highest BCUT2D eigenvalue weighted by Crippen LogP contribution is 2.28. The van der Waals surface area contributed by atoms with E-state index < -0.39 is 0 Å². The summed E-state index contributed by atoms with van der Waals surface area (Å²) in [5.41, 5.74) is 6.38. The Morgan fingerprint density at radius 2 is 2.05 bits per heavy atom. The Balaban J connectivity index is 2.28. The van der Waals surface area contributed by atoms with Crippen molar-refractivity contribution < 1.29 is 0 Å². The molecule has 0 aliphatic rings. The molecule has 0 bridgehead atoms. The highest BCUT2D eigenvalue weighted by atomic mass is 79.9. The first-order valence-electron chi connectivity index (χ1n) is 7.05. The van der Waals surface area contributed by atoms with Crippen molar-refractivity contribution in [3.63, 3.8) is 0 Å². The summed E-state index contributed by atoms with van der Waals surface area (Å²) in [6.07, 6.45) is 1.75. The molecule has 2 rings (SSSR count). The number of aryl methyl sites for hydroxylation is 2. The van der Waals surface area contributed by atoms with Crippen LogP contribution in [0.4, 0.5) is 0 Å². The van der Waals surface area contributed by atoms with Crippen LogP contribution in [0, 0.1) is 0 Å². The summed E-state index contributed by atoms with van der Waals surface area (Å²) in [4.78, 5) is 0. The van der Waals surface area contributed by atoms with Crippen LogP contribution in [0.1, 0.15) is 36.8 Å². The Bertz CT molecular complexity index is 610. The van der Waals surface area contributed by atoms with Crippen LogP contribution in [-0.4, -0.2) is 9.78 Å². The Kier molecular flexibility index (Phi) is 5.98. The number of hydrogen-bond acceptors (Lipinski definition) is 3. The molecule has 0 aliphatic heterocycles. The Hall–Kier alpha value is -0.690. The van der Waals surface area contributed by atoms with E-state index in [2.05, 4.69) is 73.0 Å². The topological polar surface area (TPSA) is 55.9 Å². The molecule has 2 aromatic rings. The fourth-order valence-electron chi connectivity index (χ4n) is 2.38. The summed E-state index contributed by atoms with van der Waals surface area (Å²) in [7, 11) is 0. The van der Waals surface area contributed by atoms with Gasteiger partial charge >= 0.3 is 0 Å². The first-order valence-corrected chi connectivity index (χ1v) is 8.64. The van der Waals surface area contributed by atoms with Crippen LogP contribution in [0.5, 0.6) is 0 Å². The maximum atomic E-state index is 5.78. The van der Waals surface area contributed by atoms with Crippen LogP contribution in [-0.2, 0) is 19.4 Å². The smallest absolute Gasteiger partial charge is 0.0624 e. The average molecular weight is 416 g/mol. The lowest BCUT2D eigenvalue weighted by Gasteiger charge is -2.18. The lowest BCUT2D eigenvalue weighted by molar-refractivity contribution is 0.515. The molecule has 0 saturated carbocycles. The first kappa shape index (κ1) is 16.7. The van der Waals surface area contributed by atoms with Gasteiger partial charge in [-0.05, 0) is 37.1 Å². The third kappa shape index (κ3) is 3.94. The molecule has 6 heteroatoms. The highest BCUT2D eigenvalue weighted by Gasteiger charge is 2.17. The number of rotatable bonds is 6. The van der Waals surface area contributed by atoms with E-state index in [4.69, 9.17) is 5.84 Å². The maximum Gasteiger partial charge on any atom is 0.0624 e. The fourth-order valence-corrected chi connectivity index (χ4v) is 3.70. The van der Waals surface area contributed by atoms with Crippen LogP contribution >= 0.6 is 31.9 Å². The third-order valence-electron chi connectivity index (χ3n) is 3.53. The molecule has 1 aromatic heterocycles. The van der Waals surface area contributed by atoms with E-state index in [1.54, 1.807) is 0 Å². The fraction of sp³-hybridized carbons (Fsp3) is 0.400. The second-order valence-electron chi connectivity index (χ2n) is 4.89. The van der Waals surface area contributed by atoms with Gasteiger partial charge in [-0.3, -0.25) is 16.0 Å². The molecule has 114 valence electrons. The Labute approximate surface area is 142 Å². The molecule has 3 N–H and O–H groups in total. The Morgan fingerprint density at radius 1 is 1.29 bits per heavy atom. The molecule has 4 nitrogen and oxygen atoms in total. The van der Waals surface area contributed by atoms with Crippen molar-refractivity contribution in [1.29, 1.82) is 0 Å². The standard InChI is InChI=1S/C15H20Br2N4/c1-3-11-8-12(21(4-2)20-11)9-15(19-18)13-6-5-10(16)7-14(13)17/h5-8,15,19H,3-4,9,18H2,1-2H3. The minimum atomic E-state index is 0.0409. The molecular formula is C15H20Br2N4. The number of nitrogens with two attached hydrogens (primary N) is 1. The SMILES string of the molecule is CCc1cc(CC(NN)c2ccc(Br)cc2Br)n(CC)n1. The van der Waals surface area contributed by atoms with Crippen molar-refractivity contribution >= 4 is 31.9 Å². The van der Waals surface area contributed by atoms with Gasteiger partial charge in [-0.2, -0.15) is 5.10 Å². The zero-order valence-electron chi connectivity index (χ0n) is 12.2. The van der Waals surface area contributed by atoms with Gasteiger partial charge in [-0.1, -0.05) is 44.8 Å². The number of nitrogens with one attached hydrogen (secondary N) is 1. The van der Waals surface area contributed by atoms with Gasteiger partial charge in [-0.25, -0.2) is 0 Å². The first-order chi connectivity index (χ1) is 10.1. The minimum Gasteiger partial charge on any atom is -0.271 e. The Morgan fingerprint density at radius 3 is 2.62 bits per heavy atom. The van der Waals surface area contributed by atoms with E-state index in [0.29, 0.717) is 0 Å². The van der Waals surface area contributed by atoms with Crippen molar-refractivity contribution in [3.8, 4) is 0 Å². The number of halogens is 2. The molecule has 1 atom stereocenters. The van der Waals surface area contributed by atoms with E-state index in [0.717, 1.165) is 39.6 Å². The quantitative estimate of drug-likeness (QED) is 0.558. The number of hydrazine groups is 1. The molecule has 0 fully saturated rings. The van der Waals surface area contributed by atoms with Crippen LogP contribution in [0.15, 0.2) is 33.2 Å². The van der Waals surface area contributed by atoms with Crippen molar-refractivity contribution in [3.05, 3.63) is 50.2 Å². The van der Waals surface area contributed by atoms with Gasteiger partial charge < -0.3 is 0 Å². The maximum absolute atomic E-state index is 5.78. The largest absolute Gasteiger partial charge is 0.271 e. The number of hydrogen-bond donors (Lipinski definition) is 2. The van der Waals surface area contributed by atoms with E-state index in [1.165, 1.54) is 5.69 Å². The third-order valence-corrected chi connectivity index (χ3v) is 4.71. The normalized spacial score (nSPS) is 12.6. The zero-order chi connectivity index (χ0) is 15.4. The van der Waals surface area contributed by atoms with Gasteiger partial charge in [-0.15, -0.1) is 0 Å². The molecule has 0 spiro atoms. The van der Waals surface area contributed by atoms with Crippen LogP contribution in [0.3, 0.4) is 0 Å². The molecule has 0 saturated heterocycles. The predicted molar refractivity (Wildman–Crippen MR) is 92.9 cm³/mol. The highest BCUT2D eigenvalue weighted by molar-refractivity contribution is 9.11. The molecule has 0 radical (unpaired) electrons. The molecule has 21 heavy (non-hydrogen) atoms. The molecule has 1 unspecified atom stereocenters. The number of nitrogens with zero attached hydrogens (tertiary/aromatic N) is 2. The van der Waals surface area contributed by atoms with Crippen molar-refractivity contribution in [2.45, 2.75) is 39.3 Å². The van der Waals surface area contributed by atoms with Gasteiger partial charge in [0.1, 0.15) is 0 Å². The molecular weight excluding hydrogens is 396 g/mol. The van der Waals surface area contributed by atoms with E-state index in [1.807, 2.05) is 12.1 Å². The predicted octanol–water partition coefficient (Wildman–Crippen LogP) is 3.74. The van der Waals surface area contributed by atoms with E-state index >= 15 is 0 Å². The second-order valence-corrected chi connectivity index (χ2v) is 6.66. The number of benzene rings is 1. The lowest BCUT2D eigenvalue weighted by Crippen LogP contribution is -2.30. The monoisotopic (exact) mass is 414 g/mol.